The van der Waals surface area contributed by atoms with Gasteiger partial charge in [0.15, 0.2) is 0 Å². The van der Waals surface area contributed by atoms with Crippen molar-refractivity contribution in [1.82, 2.24) is 10.2 Å². The van der Waals surface area contributed by atoms with E-state index in [9.17, 15) is 4.79 Å². The Balaban J connectivity index is 1.46. The Morgan fingerprint density at radius 3 is 2.65 bits per heavy atom. The summed E-state index contributed by atoms with van der Waals surface area (Å²) in [5.41, 5.74) is 8.46. The standard InChI is InChI=1S/C20H23Cl2N3O/c21-17-8-4-7-15(20(17)22)9-10-24-19(26)13-25-11-16(18(23)12-25)14-5-2-1-3-6-14/h1-8,16,18H,9-13,23H2,(H,24,26)/t16-,18+/m0/s1. The van der Waals surface area contributed by atoms with E-state index in [1.165, 1.54) is 5.56 Å². The van der Waals surface area contributed by atoms with Crippen LogP contribution < -0.4 is 11.1 Å². The molecule has 1 fully saturated rings. The highest BCUT2D eigenvalue weighted by Crippen LogP contribution is 2.26. The number of hydrogen-bond donors (Lipinski definition) is 2. The van der Waals surface area contributed by atoms with Gasteiger partial charge in [0, 0.05) is 31.6 Å². The quantitative estimate of drug-likeness (QED) is 0.795. The van der Waals surface area contributed by atoms with Crippen molar-refractivity contribution in [2.45, 2.75) is 18.4 Å². The van der Waals surface area contributed by atoms with Gasteiger partial charge in [0.1, 0.15) is 0 Å². The van der Waals surface area contributed by atoms with Gasteiger partial charge < -0.3 is 11.1 Å². The van der Waals surface area contributed by atoms with E-state index >= 15 is 0 Å². The number of likely N-dealkylation sites (tertiary alicyclic amines) is 1. The summed E-state index contributed by atoms with van der Waals surface area (Å²) < 4.78 is 0. The maximum Gasteiger partial charge on any atom is 0.234 e. The molecule has 1 saturated heterocycles. The van der Waals surface area contributed by atoms with Gasteiger partial charge >= 0.3 is 0 Å². The smallest absolute Gasteiger partial charge is 0.234 e. The largest absolute Gasteiger partial charge is 0.355 e. The zero-order valence-corrected chi connectivity index (χ0v) is 16.0. The number of benzene rings is 2. The Labute approximate surface area is 164 Å². The lowest BCUT2D eigenvalue weighted by Crippen LogP contribution is -2.38. The average molecular weight is 392 g/mol. The second kappa shape index (κ2) is 8.87. The Bertz CT molecular complexity index is 754. The number of nitrogens with zero attached hydrogens (tertiary/aromatic N) is 1. The maximum absolute atomic E-state index is 12.2. The number of hydrogen-bond acceptors (Lipinski definition) is 3. The van der Waals surface area contributed by atoms with E-state index in [-0.39, 0.29) is 17.9 Å². The third-order valence-electron chi connectivity index (χ3n) is 4.78. The maximum atomic E-state index is 12.2. The normalized spacial score (nSPS) is 20.3. The van der Waals surface area contributed by atoms with Crippen LogP contribution in [0.1, 0.15) is 17.0 Å². The lowest BCUT2D eigenvalue weighted by Gasteiger charge is -2.16. The van der Waals surface area contributed by atoms with Gasteiger partial charge in [-0.05, 0) is 23.6 Å². The monoisotopic (exact) mass is 391 g/mol. The first-order valence-corrected chi connectivity index (χ1v) is 9.52. The van der Waals surface area contributed by atoms with Crippen LogP contribution in [0, 0.1) is 0 Å². The summed E-state index contributed by atoms with van der Waals surface area (Å²) in [5.74, 6) is 0.276. The van der Waals surface area contributed by atoms with Crippen molar-refractivity contribution in [1.29, 1.82) is 0 Å². The van der Waals surface area contributed by atoms with E-state index in [2.05, 4.69) is 22.3 Å². The molecule has 1 aliphatic rings. The Morgan fingerprint density at radius 1 is 1.12 bits per heavy atom. The van der Waals surface area contributed by atoms with Gasteiger partial charge in [-0.15, -0.1) is 0 Å². The average Bonchev–Trinajstić information content (AvgIpc) is 2.99. The number of halogens is 2. The zero-order chi connectivity index (χ0) is 18.5. The Morgan fingerprint density at radius 2 is 1.88 bits per heavy atom. The minimum atomic E-state index is 0.00376. The predicted octanol–water partition coefficient (Wildman–Crippen LogP) is 3.08. The number of nitrogens with one attached hydrogen (secondary N) is 1. The fraction of sp³-hybridized carbons (Fsp3) is 0.350. The van der Waals surface area contributed by atoms with Gasteiger partial charge in [-0.1, -0.05) is 65.7 Å². The fourth-order valence-corrected chi connectivity index (χ4v) is 3.85. The van der Waals surface area contributed by atoms with Crippen LogP contribution in [-0.4, -0.2) is 43.0 Å². The highest BCUT2D eigenvalue weighted by atomic mass is 35.5. The van der Waals surface area contributed by atoms with E-state index < -0.39 is 0 Å². The topological polar surface area (TPSA) is 58.4 Å². The zero-order valence-electron chi connectivity index (χ0n) is 14.5. The van der Waals surface area contributed by atoms with Gasteiger partial charge in [0.05, 0.1) is 16.6 Å². The van der Waals surface area contributed by atoms with Gasteiger partial charge in [0.25, 0.3) is 0 Å². The molecule has 26 heavy (non-hydrogen) atoms. The van der Waals surface area contributed by atoms with Crippen molar-refractivity contribution in [3.8, 4) is 0 Å². The van der Waals surface area contributed by atoms with Crippen molar-refractivity contribution < 1.29 is 4.79 Å². The van der Waals surface area contributed by atoms with Crippen molar-refractivity contribution in [2.75, 3.05) is 26.2 Å². The van der Waals surface area contributed by atoms with Crippen LogP contribution in [0.4, 0.5) is 0 Å². The summed E-state index contributed by atoms with van der Waals surface area (Å²) in [6.45, 7) is 2.42. The lowest BCUT2D eigenvalue weighted by molar-refractivity contribution is -0.122. The van der Waals surface area contributed by atoms with Crippen LogP contribution in [-0.2, 0) is 11.2 Å². The molecule has 0 spiro atoms. The summed E-state index contributed by atoms with van der Waals surface area (Å²) in [6, 6.07) is 15.8. The molecular formula is C20H23Cl2N3O. The van der Waals surface area contributed by atoms with E-state index in [1.54, 1.807) is 6.07 Å². The van der Waals surface area contributed by atoms with Gasteiger partial charge in [0.2, 0.25) is 5.91 Å². The number of amides is 1. The van der Waals surface area contributed by atoms with Crippen LogP contribution in [0.3, 0.4) is 0 Å². The van der Waals surface area contributed by atoms with Gasteiger partial charge in [-0.25, -0.2) is 0 Å². The molecule has 6 heteroatoms. The molecule has 4 nitrogen and oxygen atoms in total. The molecule has 2 atom stereocenters. The fourth-order valence-electron chi connectivity index (χ4n) is 3.43. The molecule has 0 radical (unpaired) electrons. The Kier molecular flexibility index (Phi) is 6.54. The van der Waals surface area contributed by atoms with Gasteiger partial charge in [-0.2, -0.15) is 0 Å². The lowest BCUT2D eigenvalue weighted by atomic mass is 9.95. The predicted molar refractivity (Wildman–Crippen MR) is 107 cm³/mol. The van der Waals surface area contributed by atoms with E-state index in [4.69, 9.17) is 28.9 Å². The second-order valence-electron chi connectivity index (χ2n) is 6.69. The molecule has 0 unspecified atom stereocenters. The first-order valence-electron chi connectivity index (χ1n) is 8.77. The highest BCUT2D eigenvalue weighted by Gasteiger charge is 2.31. The molecule has 1 amide bonds. The van der Waals surface area contributed by atoms with Crippen LogP contribution in [0.2, 0.25) is 10.0 Å². The highest BCUT2D eigenvalue weighted by molar-refractivity contribution is 6.42. The SMILES string of the molecule is N[C@@H]1CN(CC(=O)NCCc2cccc(Cl)c2Cl)C[C@H]1c1ccccc1. The number of carbonyl (C=O) groups excluding carboxylic acids is 1. The molecule has 1 aliphatic heterocycles. The van der Waals surface area contributed by atoms with Crippen molar-refractivity contribution in [2.24, 2.45) is 5.73 Å². The van der Waals surface area contributed by atoms with Crippen LogP contribution in [0.25, 0.3) is 0 Å². The molecule has 2 aromatic rings. The van der Waals surface area contributed by atoms with E-state index in [0.29, 0.717) is 29.6 Å². The summed E-state index contributed by atoms with van der Waals surface area (Å²) in [7, 11) is 0. The molecule has 3 rings (SSSR count). The summed E-state index contributed by atoms with van der Waals surface area (Å²) >= 11 is 12.2. The van der Waals surface area contributed by atoms with Crippen molar-refractivity contribution in [3.05, 3.63) is 69.7 Å². The third kappa shape index (κ3) is 4.77. The third-order valence-corrected chi connectivity index (χ3v) is 5.64. The first-order chi connectivity index (χ1) is 12.5. The van der Waals surface area contributed by atoms with E-state index in [1.807, 2.05) is 30.3 Å². The van der Waals surface area contributed by atoms with Crippen LogP contribution in [0.15, 0.2) is 48.5 Å². The summed E-state index contributed by atoms with van der Waals surface area (Å²) in [5, 5.41) is 4.04. The van der Waals surface area contributed by atoms with E-state index in [0.717, 1.165) is 18.7 Å². The summed E-state index contributed by atoms with van der Waals surface area (Å²) in [4.78, 5) is 14.4. The minimum Gasteiger partial charge on any atom is -0.355 e. The van der Waals surface area contributed by atoms with Crippen molar-refractivity contribution >= 4 is 29.1 Å². The van der Waals surface area contributed by atoms with Crippen LogP contribution >= 0.6 is 23.2 Å². The molecule has 0 saturated carbocycles. The molecule has 2 aromatic carbocycles. The number of rotatable bonds is 6. The minimum absolute atomic E-state index is 0.00376. The molecule has 0 aromatic heterocycles. The Hall–Kier alpha value is -1.59. The summed E-state index contributed by atoms with van der Waals surface area (Å²) in [6.07, 6.45) is 0.650. The molecule has 3 N–H and O–H groups in total. The number of nitrogens with two attached hydrogens (primary N) is 1. The molecule has 0 bridgehead atoms. The van der Waals surface area contributed by atoms with Crippen molar-refractivity contribution in [3.63, 3.8) is 0 Å². The molecule has 138 valence electrons. The molecule has 0 aliphatic carbocycles. The molecular weight excluding hydrogens is 369 g/mol. The second-order valence-corrected chi connectivity index (χ2v) is 7.47. The van der Waals surface area contributed by atoms with Crippen LogP contribution in [0.5, 0.6) is 0 Å². The number of carbonyl (C=O) groups is 1. The first kappa shape index (κ1) is 19.2. The molecule has 1 heterocycles. The van der Waals surface area contributed by atoms with Gasteiger partial charge in [-0.3, -0.25) is 9.69 Å².